The average Bonchev–Trinajstić information content (AvgIpc) is 2.73. The molecular formula is C21H24N4O3. The quantitative estimate of drug-likeness (QED) is 0.883. The third-order valence-electron chi connectivity index (χ3n) is 5.47. The summed E-state index contributed by atoms with van der Waals surface area (Å²) in [6.45, 7) is 4.74. The van der Waals surface area contributed by atoms with Crippen molar-refractivity contribution in [2.45, 2.75) is 19.3 Å². The monoisotopic (exact) mass is 380 g/mol. The number of carbonyl (C=O) groups is 2. The number of piperazine rings is 1. The molecule has 0 saturated carbocycles. The van der Waals surface area contributed by atoms with Crippen molar-refractivity contribution in [1.29, 1.82) is 0 Å². The Morgan fingerprint density at radius 2 is 2.00 bits per heavy atom. The number of carbonyl (C=O) groups excluding carboxylic acids is 2. The van der Waals surface area contributed by atoms with Crippen molar-refractivity contribution in [1.82, 2.24) is 9.88 Å². The van der Waals surface area contributed by atoms with Crippen molar-refractivity contribution in [2.24, 2.45) is 0 Å². The molecule has 2 aliphatic heterocycles. The van der Waals surface area contributed by atoms with Gasteiger partial charge in [-0.1, -0.05) is 6.07 Å². The Morgan fingerprint density at radius 3 is 2.71 bits per heavy atom. The first-order valence-electron chi connectivity index (χ1n) is 9.50. The highest BCUT2D eigenvalue weighted by molar-refractivity contribution is 6.01. The molecule has 3 heterocycles. The van der Waals surface area contributed by atoms with Crippen LogP contribution in [-0.2, 0) is 9.59 Å². The van der Waals surface area contributed by atoms with E-state index in [2.05, 4.69) is 15.2 Å². The highest BCUT2D eigenvalue weighted by atomic mass is 16.5. The van der Waals surface area contributed by atoms with E-state index in [9.17, 15) is 9.59 Å². The second kappa shape index (κ2) is 7.50. The van der Waals surface area contributed by atoms with Crippen LogP contribution < -0.4 is 15.0 Å². The number of aryl methyl sites for hydroxylation is 1. The van der Waals surface area contributed by atoms with E-state index in [1.165, 1.54) is 0 Å². The number of nitrogens with zero attached hydrogens (tertiary/aromatic N) is 3. The molecule has 7 nitrogen and oxygen atoms in total. The maximum Gasteiger partial charge on any atom is 0.230 e. The van der Waals surface area contributed by atoms with Crippen molar-refractivity contribution in [3.8, 4) is 5.75 Å². The minimum Gasteiger partial charge on any atom is -0.497 e. The molecule has 1 atom stereocenters. The number of ether oxygens (including phenoxy) is 1. The Kier molecular flexibility index (Phi) is 4.90. The summed E-state index contributed by atoms with van der Waals surface area (Å²) in [5.41, 5.74) is 2.65. The van der Waals surface area contributed by atoms with E-state index >= 15 is 0 Å². The Bertz CT molecular complexity index is 906. The minimum absolute atomic E-state index is 0.00162. The number of nitrogens with one attached hydrogen (secondary N) is 1. The maximum atomic E-state index is 13.2. The lowest BCUT2D eigenvalue weighted by Crippen LogP contribution is -2.51. The van der Waals surface area contributed by atoms with Gasteiger partial charge in [0.05, 0.1) is 13.0 Å². The third-order valence-corrected chi connectivity index (χ3v) is 5.47. The first kappa shape index (κ1) is 18.3. The number of rotatable bonds is 3. The number of aromatic nitrogens is 1. The van der Waals surface area contributed by atoms with Gasteiger partial charge in [-0.05, 0) is 42.3 Å². The van der Waals surface area contributed by atoms with Crippen LogP contribution in [0.1, 0.15) is 23.5 Å². The molecule has 0 spiro atoms. The zero-order valence-electron chi connectivity index (χ0n) is 16.1. The van der Waals surface area contributed by atoms with Gasteiger partial charge in [0.2, 0.25) is 11.8 Å². The standard InChI is InChI=1S/C21H24N4O3/c1-14-4-3-7-22-20(14)24-8-10-25(11-9-24)21(27)17-13-19(26)23-18-6-5-15(28-2)12-16(17)18/h3-7,12,17H,8-11,13H2,1-2H3,(H,23,26)/t17-/m1/s1. The largest absolute Gasteiger partial charge is 0.497 e. The molecule has 1 saturated heterocycles. The first-order valence-corrected chi connectivity index (χ1v) is 9.50. The molecule has 2 aromatic rings. The Hall–Kier alpha value is -3.09. The Morgan fingerprint density at radius 1 is 1.21 bits per heavy atom. The van der Waals surface area contributed by atoms with E-state index in [-0.39, 0.29) is 18.2 Å². The van der Waals surface area contributed by atoms with Gasteiger partial charge in [0.25, 0.3) is 0 Å². The smallest absolute Gasteiger partial charge is 0.230 e. The van der Waals surface area contributed by atoms with E-state index in [0.717, 1.165) is 30.0 Å². The van der Waals surface area contributed by atoms with E-state index < -0.39 is 5.92 Å². The van der Waals surface area contributed by atoms with Gasteiger partial charge in [-0.3, -0.25) is 9.59 Å². The topological polar surface area (TPSA) is 74.8 Å². The van der Waals surface area contributed by atoms with Gasteiger partial charge in [0.15, 0.2) is 0 Å². The zero-order chi connectivity index (χ0) is 19.7. The second-order valence-electron chi connectivity index (χ2n) is 7.21. The average molecular weight is 380 g/mol. The molecule has 1 aromatic carbocycles. The molecule has 28 heavy (non-hydrogen) atoms. The maximum absolute atomic E-state index is 13.2. The van der Waals surface area contributed by atoms with Crippen LogP contribution in [-0.4, -0.2) is 55.0 Å². The van der Waals surface area contributed by atoms with Crippen LogP contribution >= 0.6 is 0 Å². The van der Waals surface area contributed by atoms with E-state index in [1.807, 2.05) is 30.0 Å². The third kappa shape index (κ3) is 3.40. The number of hydrogen-bond acceptors (Lipinski definition) is 5. The van der Waals surface area contributed by atoms with Crippen LogP contribution in [0.2, 0.25) is 0 Å². The highest BCUT2D eigenvalue weighted by Gasteiger charge is 2.35. The molecule has 7 heteroatoms. The normalized spacial score (nSPS) is 19.1. The zero-order valence-corrected chi connectivity index (χ0v) is 16.1. The fourth-order valence-corrected chi connectivity index (χ4v) is 3.95. The number of amides is 2. The molecule has 2 aliphatic rings. The summed E-state index contributed by atoms with van der Waals surface area (Å²) in [6, 6.07) is 9.42. The van der Waals surface area contributed by atoms with Crippen molar-refractivity contribution in [3.63, 3.8) is 0 Å². The van der Waals surface area contributed by atoms with Crippen molar-refractivity contribution < 1.29 is 14.3 Å². The molecule has 0 radical (unpaired) electrons. The number of fused-ring (bicyclic) bond motifs is 1. The minimum atomic E-state index is -0.470. The van der Waals surface area contributed by atoms with Gasteiger partial charge in [-0.2, -0.15) is 0 Å². The Labute approximate surface area is 164 Å². The van der Waals surface area contributed by atoms with Crippen LogP contribution in [0.3, 0.4) is 0 Å². The fraction of sp³-hybridized carbons (Fsp3) is 0.381. The van der Waals surface area contributed by atoms with Gasteiger partial charge < -0.3 is 19.9 Å². The number of pyridine rings is 1. The summed E-state index contributed by atoms with van der Waals surface area (Å²) >= 11 is 0. The van der Waals surface area contributed by atoms with Gasteiger partial charge in [0.1, 0.15) is 11.6 Å². The summed E-state index contributed by atoms with van der Waals surface area (Å²) in [5.74, 6) is 1.06. The molecule has 1 aromatic heterocycles. The van der Waals surface area contributed by atoms with Crippen LogP contribution in [0.15, 0.2) is 36.5 Å². The van der Waals surface area contributed by atoms with Crippen LogP contribution in [0, 0.1) is 6.92 Å². The van der Waals surface area contributed by atoms with Gasteiger partial charge in [-0.15, -0.1) is 0 Å². The number of anilines is 2. The lowest BCUT2D eigenvalue weighted by Gasteiger charge is -2.38. The summed E-state index contributed by atoms with van der Waals surface area (Å²) in [6.07, 6.45) is 1.96. The van der Waals surface area contributed by atoms with Crippen molar-refractivity contribution in [3.05, 3.63) is 47.7 Å². The first-order chi connectivity index (χ1) is 13.6. The SMILES string of the molecule is COc1ccc2c(c1)[C@H](C(=O)N1CCN(c3ncccc3C)CC1)CC(=O)N2. The molecule has 1 fully saturated rings. The van der Waals surface area contributed by atoms with E-state index in [0.29, 0.717) is 24.5 Å². The number of methoxy groups -OCH3 is 1. The van der Waals surface area contributed by atoms with E-state index in [1.54, 1.807) is 25.4 Å². The highest BCUT2D eigenvalue weighted by Crippen LogP contribution is 2.36. The predicted octanol–water partition coefficient (Wildman–Crippen LogP) is 2.17. The lowest BCUT2D eigenvalue weighted by atomic mass is 9.89. The molecule has 2 amide bonds. The molecule has 0 bridgehead atoms. The van der Waals surface area contributed by atoms with Crippen molar-refractivity contribution >= 4 is 23.3 Å². The van der Waals surface area contributed by atoms with Crippen LogP contribution in [0.5, 0.6) is 5.75 Å². The second-order valence-corrected chi connectivity index (χ2v) is 7.21. The summed E-state index contributed by atoms with van der Waals surface area (Å²) in [7, 11) is 1.60. The predicted molar refractivity (Wildman–Crippen MR) is 107 cm³/mol. The lowest BCUT2D eigenvalue weighted by molar-refractivity contribution is -0.135. The summed E-state index contributed by atoms with van der Waals surface area (Å²) in [5, 5.41) is 2.85. The Balaban J connectivity index is 1.50. The molecule has 4 rings (SSSR count). The molecule has 0 aliphatic carbocycles. The fourth-order valence-electron chi connectivity index (χ4n) is 3.95. The van der Waals surface area contributed by atoms with E-state index in [4.69, 9.17) is 4.74 Å². The van der Waals surface area contributed by atoms with Gasteiger partial charge >= 0.3 is 0 Å². The van der Waals surface area contributed by atoms with Crippen LogP contribution in [0.25, 0.3) is 0 Å². The van der Waals surface area contributed by atoms with Crippen LogP contribution in [0.4, 0.5) is 11.5 Å². The number of benzene rings is 1. The molecular weight excluding hydrogens is 356 g/mol. The van der Waals surface area contributed by atoms with Gasteiger partial charge in [-0.25, -0.2) is 4.98 Å². The molecule has 0 unspecified atom stereocenters. The van der Waals surface area contributed by atoms with Gasteiger partial charge in [0, 0.05) is 44.5 Å². The number of hydrogen-bond donors (Lipinski definition) is 1. The summed E-state index contributed by atoms with van der Waals surface area (Å²) in [4.78, 5) is 33.9. The molecule has 1 N–H and O–H groups in total. The van der Waals surface area contributed by atoms with Crippen molar-refractivity contribution in [2.75, 3.05) is 43.5 Å². The summed E-state index contributed by atoms with van der Waals surface area (Å²) < 4.78 is 5.30. The molecule has 146 valence electrons.